The molecule has 14 heavy (non-hydrogen) atoms. The van der Waals surface area contributed by atoms with Crippen LogP contribution in [0, 0.1) is 0 Å². The topological polar surface area (TPSA) is 110 Å². The molecular weight excluding hydrogens is 186 g/mol. The van der Waals surface area contributed by atoms with Crippen molar-refractivity contribution < 1.29 is 14.7 Å². The highest BCUT2D eigenvalue weighted by molar-refractivity contribution is 5.83. The number of nitrogens with two attached hydrogens (primary N) is 2. The predicted molar refractivity (Wildman–Crippen MR) is 49.0 cm³/mol. The number of carbonyl (C=O) groups excluding carboxylic acids is 2. The first kappa shape index (κ1) is 10.9. The number of rotatable bonds is 3. The molecule has 1 saturated heterocycles. The van der Waals surface area contributed by atoms with Gasteiger partial charge in [0.25, 0.3) is 5.91 Å². The van der Waals surface area contributed by atoms with Crippen molar-refractivity contribution in [2.75, 3.05) is 19.6 Å². The van der Waals surface area contributed by atoms with Gasteiger partial charge in [0.15, 0.2) is 5.60 Å². The van der Waals surface area contributed by atoms with Crippen molar-refractivity contribution in [3.63, 3.8) is 0 Å². The smallest absolute Gasteiger partial charge is 0.250 e. The minimum absolute atomic E-state index is 0.0512. The first-order chi connectivity index (χ1) is 6.44. The van der Waals surface area contributed by atoms with Crippen LogP contribution < -0.4 is 11.5 Å². The van der Waals surface area contributed by atoms with Crippen LogP contribution in [0.3, 0.4) is 0 Å². The van der Waals surface area contributed by atoms with E-state index in [9.17, 15) is 14.7 Å². The lowest BCUT2D eigenvalue weighted by Gasteiger charge is -2.36. The average Bonchev–Trinajstić information content (AvgIpc) is 2.02. The minimum Gasteiger partial charge on any atom is -0.379 e. The van der Waals surface area contributed by atoms with Crippen molar-refractivity contribution in [2.45, 2.75) is 18.4 Å². The molecule has 5 N–H and O–H groups in total. The van der Waals surface area contributed by atoms with Crippen molar-refractivity contribution in [1.29, 1.82) is 0 Å². The molecule has 2 amide bonds. The first-order valence-electron chi connectivity index (χ1n) is 4.47. The van der Waals surface area contributed by atoms with Crippen LogP contribution in [0.15, 0.2) is 0 Å². The summed E-state index contributed by atoms with van der Waals surface area (Å²) in [6.45, 7) is 0.791. The molecule has 6 heteroatoms. The predicted octanol–water partition coefficient (Wildman–Crippen LogP) is -2.22. The Hall–Kier alpha value is -1.14. The van der Waals surface area contributed by atoms with E-state index in [1.54, 1.807) is 4.90 Å². The van der Waals surface area contributed by atoms with Gasteiger partial charge in [-0.05, 0) is 19.4 Å². The van der Waals surface area contributed by atoms with Gasteiger partial charge in [-0.25, -0.2) is 0 Å². The van der Waals surface area contributed by atoms with E-state index in [0.29, 0.717) is 19.4 Å². The van der Waals surface area contributed by atoms with Gasteiger partial charge in [0.2, 0.25) is 5.91 Å². The Balaban J connectivity index is 2.59. The van der Waals surface area contributed by atoms with Crippen molar-refractivity contribution in [3.8, 4) is 0 Å². The second-order valence-corrected chi connectivity index (χ2v) is 3.68. The normalized spacial score (nSPS) is 28.6. The van der Waals surface area contributed by atoms with E-state index >= 15 is 0 Å². The van der Waals surface area contributed by atoms with Crippen molar-refractivity contribution in [2.24, 2.45) is 11.5 Å². The number of hydrogen-bond donors (Lipinski definition) is 3. The molecule has 80 valence electrons. The van der Waals surface area contributed by atoms with Crippen LogP contribution in [0.1, 0.15) is 12.8 Å². The summed E-state index contributed by atoms with van der Waals surface area (Å²) in [4.78, 5) is 23.2. The number of piperidine rings is 1. The fraction of sp³-hybridized carbons (Fsp3) is 0.750. The third-order valence-electron chi connectivity index (χ3n) is 2.39. The van der Waals surface area contributed by atoms with Gasteiger partial charge in [0.1, 0.15) is 0 Å². The zero-order valence-electron chi connectivity index (χ0n) is 7.90. The Morgan fingerprint density at radius 1 is 1.43 bits per heavy atom. The number of aliphatic hydroxyl groups is 1. The lowest BCUT2D eigenvalue weighted by atomic mass is 9.92. The van der Waals surface area contributed by atoms with Gasteiger partial charge in [0, 0.05) is 6.54 Å². The molecule has 0 saturated carbocycles. The molecule has 0 aromatic rings. The molecule has 0 aromatic carbocycles. The van der Waals surface area contributed by atoms with Crippen LogP contribution in [0.5, 0.6) is 0 Å². The van der Waals surface area contributed by atoms with E-state index in [-0.39, 0.29) is 13.1 Å². The van der Waals surface area contributed by atoms with E-state index in [1.807, 2.05) is 0 Å². The molecule has 0 aromatic heterocycles. The molecule has 0 radical (unpaired) electrons. The minimum atomic E-state index is -1.51. The van der Waals surface area contributed by atoms with Crippen LogP contribution in [-0.2, 0) is 9.59 Å². The Morgan fingerprint density at radius 3 is 2.57 bits per heavy atom. The van der Waals surface area contributed by atoms with Gasteiger partial charge in [-0.1, -0.05) is 0 Å². The summed E-state index contributed by atoms with van der Waals surface area (Å²) in [5.41, 5.74) is 8.57. The second kappa shape index (κ2) is 3.93. The Morgan fingerprint density at radius 2 is 2.07 bits per heavy atom. The third-order valence-corrected chi connectivity index (χ3v) is 2.39. The second-order valence-electron chi connectivity index (χ2n) is 3.68. The zero-order chi connectivity index (χ0) is 10.8. The number of β-amino-alcohol motifs (C(OH)–C–C–N with tert-alkyl or cyclic N) is 1. The summed E-state index contributed by atoms with van der Waals surface area (Å²) in [5.74, 6) is -1.22. The maximum absolute atomic E-state index is 10.9. The van der Waals surface area contributed by atoms with Crippen molar-refractivity contribution >= 4 is 11.8 Å². The highest BCUT2D eigenvalue weighted by Gasteiger charge is 2.38. The quantitative estimate of drug-likeness (QED) is 0.480. The number of carbonyl (C=O) groups is 2. The van der Waals surface area contributed by atoms with Gasteiger partial charge < -0.3 is 16.6 Å². The number of hydrogen-bond acceptors (Lipinski definition) is 4. The summed E-state index contributed by atoms with van der Waals surface area (Å²) < 4.78 is 0. The number of amides is 2. The van der Waals surface area contributed by atoms with Crippen molar-refractivity contribution in [1.82, 2.24) is 4.90 Å². The number of primary amides is 2. The molecule has 1 rings (SSSR count). The highest BCUT2D eigenvalue weighted by Crippen LogP contribution is 2.20. The van der Waals surface area contributed by atoms with Crippen LogP contribution in [0.2, 0.25) is 0 Å². The van der Waals surface area contributed by atoms with Gasteiger partial charge in [0.05, 0.1) is 6.54 Å². The van der Waals surface area contributed by atoms with E-state index in [1.165, 1.54) is 0 Å². The van der Waals surface area contributed by atoms with E-state index in [4.69, 9.17) is 11.5 Å². The van der Waals surface area contributed by atoms with Gasteiger partial charge in [-0.3, -0.25) is 14.5 Å². The summed E-state index contributed by atoms with van der Waals surface area (Å²) in [5, 5.41) is 9.76. The molecular formula is C8H15N3O3. The molecule has 1 fully saturated rings. The SMILES string of the molecule is NC(=O)CN1CCCC(O)(C(N)=O)C1. The highest BCUT2D eigenvalue weighted by atomic mass is 16.3. The fourth-order valence-electron chi connectivity index (χ4n) is 1.68. The summed E-state index contributed by atoms with van der Waals surface area (Å²) in [6.07, 6.45) is 0.977. The maximum atomic E-state index is 10.9. The standard InChI is InChI=1S/C8H15N3O3/c9-6(12)4-11-3-1-2-8(14,5-11)7(10)13/h14H,1-5H2,(H2,9,12)(H2,10,13). The van der Waals surface area contributed by atoms with Gasteiger partial charge in [-0.15, -0.1) is 0 Å². The number of likely N-dealkylation sites (tertiary alicyclic amines) is 1. The lowest BCUT2D eigenvalue weighted by Crippen LogP contribution is -2.56. The fourth-order valence-corrected chi connectivity index (χ4v) is 1.68. The van der Waals surface area contributed by atoms with Crippen LogP contribution >= 0.6 is 0 Å². The molecule has 6 nitrogen and oxygen atoms in total. The van der Waals surface area contributed by atoms with Crippen LogP contribution in [-0.4, -0.2) is 47.1 Å². The zero-order valence-corrected chi connectivity index (χ0v) is 7.90. The molecule has 0 spiro atoms. The largest absolute Gasteiger partial charge is 0.379 e. The van der Waals surface area contributed by atoms with Gasteiger partial charge in [-0.2, -0.15) is 0 Å². The number of nitrogens with zero attached hydrogens (tertiary/aromatic N) is 1. The molecule has 0 bridgehead atoms. The molecule has 0 aliphatic carbocycles. The van der Waals surface area contributed by atoms with E-state index in [2.05, 4.69) is 0 Å². The lowest BCUT2D eigenvalue weighted by molar-refractivity contribution is -0.143. The first-order valence-corrected chi connectivity index (χ1v) is 4.47. The summed E-state index contributed by atoms with van der Waals surface area (Å²) in [6, 6.07) is 0. The Labute approximate surface area is 81.8 Å². The molecule has 1 atom stereocenters. The molecule has 1 heterocycles. The van der Waals surface area contributed by atoms with Crippen molar-refractivity contribution in [3.05, 3.63) is 0 Å². The monoisotopic (exact) mass is 201 g/mol. The molecule has 1 aliphatic rings. The Bertz CT molecular complexity index is 256. The Kier molecular flexibility index (Phi) is 3.07. The van der Waals surface area contributed by atoms with E-state index in [0.717, 1.165) is 0 Å². The maximum Gasteiger partial charge on any atom is 0.250 e. The third kappa shape index (κ3) is 2.43. The van der Waals surface area contributed by atoms with Gasteiger partial charge >= 0.3 is 0 Å². The molecule has 1 aliphatic heterocycles. The van der Waals surface area contributed by atoms with Crippen LogP contribution in [0.4, 0.5) is 0 Å². The summed E-state index contributed by atoms with van der Waals surface area (Å²) in [7, 11) is 0. The average molecular weight is 201 g/mol. The van der Waals surface area contributed by atoms with Crippen LogP contribution in [0.25, 0.3) is 0 Å². The van der Waals surface area contributed by atoms with E-state index < -0.39 is 17.4 Å². The molecule has 1 unspecified atom stereocenters. The summed E-state index contributed by atoms with van der Waals surface area (Å²) >= 11 is 0.